The van der Waals surface area contributed by atoms with Gasteiger partial charge in [-0.3, -0.25) is 9.59 Å². The Morgan fingerprint density at radius 1 is 0.812 bits per heavy atom. The Balaban J connectivity index is 1.88. The maximum Gasteiger partial charge on any atom is 0.242 e. The minimum Gasteiger partial charge on any atom is -0.354 e. The quantitative estimate of drug-likeness (QED) is 0.485. The molecule has 4 nitrogen and oxygen atoms in total. The van der Waals surface area contributed by atoms with Crippen molar-refractivity contribution in [1.82, 2.24) is 10.2 Å². The van der Waals surface area contributed by atoms with Crippen LogP contribution in [0.2, 0.25) is 0 Å². The highest BCUT2D eigenvalue weighted by molar-refractivity contribution is 5.87. The normalized spacial score (nSPS) is 11.7. The van der Waals surface area contributed by atoms with E-state index in [0.717, 1.165) is 23.1 Å². The minimum absolute atomic E-state index is 0.0364. The molecule has 4 heteroatoms. The van der Waals surface area contributed by atoms with Crippen LogP contribution in [0.4, 0.5) is 0 Å². The number of hydrogen-bond acceptors (Lipinski definition) is 2. The molecule has 3 aromatic carbocycles. The number of carbonyl (C=O) groups is 2. The number of carbonyl (C=O) groups excluding carboxylic acids is 2. The highest BCUT2D eigenvalue weighted by Crippen LogP contribution is 2.29. The van der Waals surface area contributed by atoms with E-state index in [-0.39, 0.29) is 17.7 Å². The highest BCUT2D eigenvalue weighted by Gasteiger charge is 2.28. The molecule has 0 aromatic heterocycles. The molecule has 0 spiro atoms. The van der Waals surface area contributed by atoms with Crippen LogP contribution in [0.15, 0.2) is 91.0 Å². The lowest BCUT2D eigenvalue weighted by Gasteiger charge is -2.30. The van der Waals surface area contributed by atoms with Gasteiger partial charge in [0.2, 0.25) is 11.8 Å². The first-order valence-electron chi connectivity index (χ1n) is 11.3. The second kappa shape index (κ2) is 11.8. The van der Waals surface area contributed by atoms with Crippen molar-refractivity contribution in [3.63, 3.8) is 0 Å². The summed E-state index contributed by atoms with van der Waals surface area (Å²) in [5.41, 5.74) is 3.19. The van der Waals surface area contributed by atoms with Crippen LogP contribution in [0.5, 0.6) is 0 Å². The van der Waals surface area contributed by atoms with Crippen molar-refractivity contribution in [2.75, 3.05) is 6.54 Å². The molecular weight excluding hydrogens is 396 g/mol. The summed E-state index contributed by atoms with van der Waals surface area (Å²) >= 11 is 0. The molecule has 166 valence electrons. The Morgan fingerprint density at radius 2 is 1.31 bits per heavy atom. The first-order valence-corrected chi connectivity index (χ1v) is 11.3. The summed E-state index contributed by atoms with van der Waals surface area (Å²) in [4.78, 5) is 28.1. The molecule has 2 amide bonds. The number of nitrogens with one attached hydrogen (secondary N) is 1. The number of rotatable bonds is 10. The molecular formula is C28H32N2O2. The molecule has 1 atom stereocenters. The number of benzene rings is 3. The van der Waals surface area contributed by atoms with Crippen LogP contribution in [0.3, 0.4) is 0 Å². The lowest BCUT2D eigenvalue weighted by Crippen LogP contribution is -2.48. The third-order valence-electron chi connectivity index (χ3n) is 5.69. The van der Waals surface area contributed by atoms with Crippen LogP contribution in [0, 0.1) is 0 Å². The Hall–Kier alpha value is -3.40. The van der Waals surface area contributed by atoms with Gasteiger partial charge in [0, 0.05) is 25.4 Å². The zero-order valence-corrected chi connectivity index (χ0v) is 18.9. The molecule has 0 fully saturated rings. The van der Waals surface area contributed by atoms with E-state index in [4.69, 9.17) is 0 Å². The van der Waals surface area contributed by atoms with Gasteiger partial charge in [-0.2, -0.15) is 0 Å². The van der Waals surface area contributed by atoms with Gasteiger partial charge < -0.3 is 10.2 Å². The largest absolute Gasteiger partial charge is 0.354 e. The van der Waals surface area contributed by atoms with E-state index in [1.54, 1.807) is 4.90 Å². The molecule has 32 heavy (non-hydrogen) atoms. The second-order valence-corrected chi connectivity index (χ2v) is 8.05. The Kier molecular flexibility index (Phi) is 8.61. The summed E-state index contributed by atoms with van der Waals surface area (Å²) in [6.45, 7) is 4.83. The molecule has 0 saturated heterocycles. The fourth-order valence-corrected chi connectivity index (χ4v) is 3.85. The molecule has 1 unspecified atom stereocenters. The number of hydrogen-bond donors (Lipinski definition) is 1. The van der Waals surface area contributed by atoms with Crippen LogP contribution in [-0.4, -0.2) is 29.3 Å². The molecule has 0 aliphatic carbocycles. The van der Waals surface area contributed by atoms with E-state index in [1.165, 1.54) is 0 Å². The molecule has 0 heterocycles. The number of nitrogens with zero attached hydrogens (tertiary/aromatic N) is 1. The summed E-state index contributed by atoms with van der Waals surface area (Å²) in [6, 6.07) is 29.5. The molecule has 3 aromatic rings. The predicted octanol–water partition coefficient (Wildman–Crippen LogP) is 5.15. The Bertz CT molecular complexity index is 935. The molecule has 1 N–H and O–H groups in total. The van der Waals surface area contributed by atoms with Crippen molar-refractivity contribution in [3.8, 4) is 0 Å². The summed E-state index contributed by atoms with van der Waals surface area (Å²) in [7, 11) is 0. The maximum absolute atomic E-state index is 13.7. The van der Waals surface area contributed by atoms with Gasteiger partial charge >= 0.3 is 0 Å². The van der Waals surface area contributed by atoms with Crippen LogP contribution < -0.4 is 5.32 Å². The fraction of sp³-hybridized carbons (Fsp3) is 0.286. The monoisotopic (exact) mass is 428 g/mol. The smallest absolute Gasteiger partial charge is 0.242 e. The highest BCUT2D eigenvalue weighted by atomic mass is 16.2. The van der Waals surface area contributed by atoms with Crippen LogP contribution >= 0.6 is 0 Å². The van der Waals surface area contributed by atoms with Crippen molar-refractivity contribution < 1.29 is 9.59 Å². The summed E-state index contributed by atoms with van der Waals surface area (Å²) in [5.74, 6) is -0.230. The molecule has 3 rings (SSSR count). The lowest BCUT2D eigenvalue weighted by molar-refractivity contribution is -0.140. The van der Waals surface area contributed by atoms with E-state index < -0.39 is 6.04 Å². The zero-order chi connectivity index (χ0) is 22.8. The van der Waals surface area contributed by atoms with E-state index in [9.17, 15) is 9.59 Å². The van der Waals surface area contributed by atoms with Gasteiger partial charge in [0.1, 0.15) is 6.04 Å². The summed E-state index contributed by atoms with van der Waals surface area (Å²) < 4.78 is 0. The molecule has 0 saturated carbocycles. The third-order valence-corrected chi connectivity index (χ3v) is 5.69. The van der Waals surface area contributed by atoms with Crippen molar-refractivity contribution in [2.24, 2.45) is 0 Å². The predicted molar refractivity (Wildman–Crippen MR) is 129 cm³/mol. The van der Waals surface area contributed by atoms with Gasteiger partial charge in [0.15, 0.2) is 0 Å². The first-order chi connectivity index (χ1) is 15.6. The first kappa shape index (κ1) is 23.3. The van der Waals surface area contributed by atoms with E-state index in [2.05, 4.69) is 29.6 Å². The van der Waals surface area contributed by atoms with Crippen molar-refractivity contribution in [3.05, 3.63) is 108 Å². The van der Waals surface area contributed by atoms with Crippen molar-refractivity contribution >= 4 is 11.8 Å². The van der Waals surface area contributed by atoms with E-state index in [0.29, 0.717) is 19.5 Å². The average molecular weight is 429 g/mol. The summed E-state index contributed by atoms with van der Waals surface area (Å²) in [5, 5.41) is 2.94. The van der Waals surface area contributed by atoms with Gasteiger partial charge in [-0.25, -0.2) is 0 Å². The Morgan fingerprint density at radius 3 is 1.81 bits per heavy atom. The van der Waals surface area contributed by atoms with Gasteiger partial charge in [0.05, 0.1) is 0 Å². The van der Waals surface area contributed by atoms with Crippen LogP contribution in [-0.2, 0) is 16.1 Å². The minimum atomic E-state index is -0.554. The SMILES string of the molecule is CCCNC(=O)C(C)N(Cc1ccccc1)C(=O)CC(c1ccccc1)c1ccccc1. The lowest BCUT2D eigenvalue weighted by atomic mass is 9.88. The van der Waals surface area contributed by atoms with E-state index >= 15 is 0 Å². The maximum atomic E-state index is 13.7. The third kappa shape index (κ3) is 6.30. The van der Waals surface area contributed by atoms with Crippen molar-refractivity contribution in [2.45, 2.75) is 45.2 Å². The topological polar surface area (TPSA) is 49.4 Å². The fourth-order valence-electron chi connectivity index (χ4n) is 3.85. The Labute approximate surface area is 191 Å². The van der Waals surface area contributed by atoms with Crippen LogP contribution in [0.1, 0.15) is 49.3 Å². The molecule has 0 radical (unpaired) electrons. The standard InChI is InChI=1S/C28H32N2O2/c1-3-19-29-28(32)22(2)30(21-23-13-7-4-8-14-23)27(31)20-26(24-15-9-5-10-16-24)25-17-11-6-12-18-25/h4-18,22,26H,3,19-21H2,1-2H3,(H,29,32). The van der Waals surface area contributed by atoms with E-state index in [1.807, 2.05) is 80.6 Å². The zero-order valence-electron chi connectivity index (χ0n) is 18.9. The van der Waals surface area contributed by atoms with Gasteiger partial charge in [0.25, 0.3) is 0 Å². The van der Waals surface area contributed by atoms with Gasteiger partial charge in [-0.15, -0.1) is 0 Å². The summed E-state index contributed by atoms with van der Waals surface area (Å²) in [6.07, 6.45) is 1.15. The molecule has 0 aliphatic rings. The van der Waals surface area contributed by atoms with Crippen molar-refractivity contribution in [1.29, 1.82) is 0 Å². The van der Waals surface area contributed by atoms with Gasteiger partial charge in [-0.1, -0.05) is 97.9 Å². The van der Waals surface area contributed by atoms with Gasteiger partial charge in [-0.05, 0) is 30.0 Å². The van der Waals surface area contributed by atoms with Crippen LogP contribution in [0.25, 0.3) is 0 Å². The second-order valence-electron chi connectivity index (χ2n) is 8.05. The average Bonchev–Trinajstić information content (AvgIpc) is 2.85. The number of amides is 2. The molecule has 0 bridgehead atoms. The molecule has 0 aliphatic heterocycles.